The Balaban J connectivity index is 1.33. The lowest BCUT2D eigenvalue weighted by molar-refractivity contribution is -0.131. The fourth-order valence-electron chi connectivity index (χ4n) is 5.46. The highest BCUT2D eigenvalue weighted by Gasteiger charge is 2.29. The van der Waals surface area contributed by atoms with Crippen LogP contribution in [-0.4, -0.2) is 62.1 Å². The number of ether oxygens (including phenoxy) is 2. The normalized spacial score (nSPS) is 18.9. The topological polar surface area (TPSA) is 42.0 Å². The number of thiophene rings is 1. The van der Waals surface area contributed by atoms with E-state index in [1.54, 1.807) is 25.6 Å². The lowest BCUT2D eigenvalue weighted by Gasteiger charge is -2.40. The number of piperidine rings is 1. The molecule has 0 spiro atoms. The number of hydrogen-bond donors (Lipinski definition) is 0. The zero-order chi connectivity index (χ0) is 23.2. The average Bonchev–Trinajstić information content (AvgIpc) is 3.36. The number of benzene rings is 1. The van der Waals surface area contributed by atoms with Crippen LogP contribution in [0.5, 0.6) is 11.5 Å². The van der Waals surface area contributed by atoms with E-state index in [1.807, 2.05) is 11.4 Å². The summed E-state index contributed by atoms with van der Waals surface area (Å²) in [5, 5.41) is 2.05. The lowest BCUT2D eigenvalue weighted by atomic mass is 9.86. The van der Waals surface area contributed by atoms with Gasteiger partial charge in [0.1, 0.15) is 0 Å². The number of amides is 1. The van der Waals surface area contributed by atoms with Gasteiger partial charge in [-0.1, -0.05) is 13.0 Å². The van der Waals surface area contributed by atoms with Crippen molar-refractivity contribution >= 4 is 17.2 Å². The van der Waals surface area contributed by atoms with Crippen LogP contribution in [0.3, 0.4) is 0 Å². The van der Waals surface area contributed by atoms with Gasteiger partial charge in [0, 0.05) is 30.6 Å². The molecule has 2 aliphatic rings. The molecule has 2 heterocycles. The molecule has 0 N–H and O–H groups in total. The van der Waals surface area contributed by atoms with Crippen molar-refractivity contribution in [2.45, 2.75) is 57.9 Å². The minimum absolute atomic E-state index is 0.287. The SMILES string of the molecule is CCCN(CC1CCN(C(=O)Cc2cccs2)CC1)C1CCc2cc(OC)c(OC)cc2C1. The van der Waals surface area contributed by atoms with Crippen LogP contribution in [0.2, 0.25) is 0 Å². The molecule has 0 saturated carbocycles. The average molecular weight is 471 g/mol. The number of methoxy groups -OCH3 is 2. The third-order valence-electron chi connectivity index (χ3n) is 7.30. The zero-order valence-corrected chi connectivity index (χ0v) is 21.2. The molecule has 2 aromatic rings. The molecule has 1 aliphatic carbocycles. The standard InChI is InChI=1S/C27H38N2O3S/c1-4-11-29(23-8-7-21-16-25(31-2)26(32-3)17-22(21)15-23)19-20-9-12-28(13-10-20)27(30)18-24-6-5-14-33-24/h5-6,14,16-17,20,23H,4,7-13,15,18-19H2,1-3H3. The molecule has 6 heteroatoms. The first kappa shape index (κ1) is 24.1. The van der Waals surface area contributed by atoms with Crippen LogP contribution in [-0.2, 0) is 24.1 Å². The van der Waals surface area contributed by atoms with Crippen molar-refractivity contribution in [2.75, 3.05) is 40.4 Å². The van der Waals surface area contributed by atoms with Crippen molar-refractivity contribution in [2.24, 2.45) is 5.92 Å². The van der Waals surface area contributed by atoms with Crippen LogP contribution in [0.4, 0.5) is 0 Å². The Morgan fingerprint density at radius 3 is 2.48 bits per heavy atom. The second-order valence-electron chi connectivity index (χ2n) is 9.45. The van der Waals surface area contributed by atoms with E-state index in [0.717, 1.165) is 63.4 Å². The van der Waals surface area contributed by atoms with Crippen LogP contribution in [0, 0.1) is 5.92 Å². The van der Waals surface area contributed by atoms with Gasteiger partial charge in [-0.3, -0.25) is 9.69 Å². The Morgan fingerprint density at radius 1 is 1.12 bits per heavy atom. The fourth-order valence-corrected chi connectivity index (χ4v) is 6.15. The molecule has 180 valence electrons. The van der Waals surface area contributed by atoms with Gasteiger partial charge in [0.2, 0.25) is 5.91 Å². The number of nitrogens with zero attached hydrogens (tertiary/aromatic N) is 2. The third-order valence-corrected chi connectivity index (χ3v) is 8.18. The molecule has 4 rings (SSSR count). The van der Waals surface area contributed by atoms with Gasteiger partial charge in [-0.05, 0) is 85.7 Å². The molecule has 1 aliphatic heterocycles. The highest BCUT2D eigenvalue weighted by molar-refractivity contribution is 7.10. The van der Waals surface area contributed by atoms with Gasteiger partial charge < -0.3 is 14.4 Å². The fraction of sp³-hybridized carbons (Fsp3) is 0.593. The molecule has 1 unspecified atom stereocenters. The number of carbonyl (C=O) groups is 1. The summed E-state index contributed by atoms with van der Waals surface area (Å²) in [7, 11) is 3.42. The van der Waals surface area contributed by atoms with Gasteiger partial charge >= 0.3 is 0 Å². The molecule has 1 fully saturated rings. The molecular weight excluding hydrogens is 432 g/mol. The number of fused-ring (bicyclic) bond motifs is 1. The first-order valence-electron chi connectivity index (χ1n) is 12.4. The number of likely N-dealkylation sites (tertiary alicyclic amines) is 1. The minimum atomic E-state index is 0.287. The van der Waals surface area contributed by atoms with Crippen molar-refractivity contribution in [3.8, 4) is 11.5 Å². The van der Waals surface area contributed by atoms with Crippen LogP contribution in [0.15, 0.2) is 29.6 Å². The molecular formula is C27H38N2O3S. The largest absolute Gasteiger partial charge is 0.493 e. The molecule has 0 radical (unpaired) electrons. The summed E-state index contributed by atoms with van der Waals surface area (Å²) < 4.78 is 11.1. The molecule has 1 amide bonds. The highest BCUT2D eigenvalue weighted by atomic mass is 32.1. The van der Waals surface area contributed by atoms with Gasteiger partial charge in [-0.15, -0.1) is 11.3 Å². The Labute approximate surface area is 202 Å². The van der Waals surface area contributed by atoms with E-state index in [4.69, 9.17) is 9.47 Å². The van der Waals surface area contributed by atoms with E-state index in [1.165, 1.54) is 28.8 Å². The maximum absolute atomic E-state index is 12.7. The van der Waals surface area contributed by atoms with Gasteiger partial charge in [0.15, 0.2) is 11.5 Å². The monoisotopic (exact) mass is 470 g/mol. The molecule has 1 saturated heterocycles. The van der Waals surface area contributed by atoms with E-state index in [0.29, 0.717) is 18.4 Å². The first-order chi connectivity index (χ1) is 16.1. The van der Waals surface area contributed by atoms with E-state index in [9.17, 15) is 4.79 Å². The quantitative estimate of drug-likeness (QED) is 0.527. The molecule has 5 nitrogen and oxygen atoms in total. The van der Waals surface area contributed by atoms with Gasteiger partial charge in [0.05, 0.1) is 20.6 Å². The van der Waals surface area contributed by atoms with Gasteiger partial charge in [-0.2, -0.15) is 0 Å². The molecule has 1 atom stereocenters. The van der Waals surface area contributed by atoms with Crippen molar-refractivity contribution in [1.29, 1.82) is 0 Å². The predicted octanol–water partition coefficient (Wildman–Crippen LogP) is 4.82. The van der Waals surface area contributed by atoms with Crippen molar-refractivity contribution in [3.05, 3.63) is 45.6 Å². The summed E-state index contributed by atoms with van der Waals surface area (Å²) in [6.07, 6.45) is 7.33. The Hall–Kier alpha value is -2.05. The summed E-state index contributed by atoms with van der Waals surface area (Å²) in [6.45, 7) is 6.38. The Bertz CT molecular complexity index is 906. The molecule has 1 aromatic heterocycles. The van der Waals surface area contributed by atoms with Crippen LogP contribution >= 0.6 is 11.3 Å². The Kier molecular flexibility index (Phi) is 8.31. The second-order valence-corrected chi connectivity index (χ2v) is 10.5. The highest BCUT2D eigenvalue weighted by Crippen LogP contribution is 2.35. The number of rotatable bonds is 9. The van der Waals surface area contributed by atoms with Crippen LogP contribution in [0.25, 0.3) is 0 Å². The van der Waals surface area contributed by atoms with Crippen molar-refractivity contribution in [1.82, 2.24) is 9.80 Å². The Morgan fingerprint density at radius 2 is 1.85 bits per heavy atom. The molecule has 0 bridgehead atoms. The molecule has 1 aromatic carbocycles. The number of aryl methyl sites for hydroxylation is 1. The summed E-state index contributed by atoms with van der Waals surface area (Å²) in [4.78, 5) is 18.6. The molecule has 33 heavy (non-hydrogen) atoms. The minimum Gasteiger partial charge on any atom is -0.493 e. The maximum atomic E-state index is 12.7. The van der Waals surface area contributed by atoms with Crippen molar-refractivity contribution in [3.63, 3.8) is 0 Å². The van der Waals surface area contributed by atoms with Gasteiger partial charge in [0.25, 0.3) is 0 Å². The van der Waals surface area contributed by atoms with Crippen LogP contribution in [0.1, 0.15) is 48.6 Å². The lowest BCUT2D eigenvalue weighted by Crippen LogP contribution is -2.46. The first-order valence-corrected chi connectivity index (χ1v) is 13.3. The van der Waals surface area contributed by atoms with E-state index in [-0.39, 0.29) is 5.91 Å². The summed E-state index contributed by atoms with van der Waals surface area (Å²) in [5.74, 6) is 2.63. The number of hydrogen-bond acceptors (Lipinski definition) is 5. The van der Waals surface area contributed by atoms with Gasteiger partial charge in [-0.25, -0.2) is 0 Å². The maximum Gasteiger partial charge on any atom is 0.227 e. The van der Waals surface area contributed by atoms with Crippen LogP contribution < -0.4 is 9.47 Å². The van der Waals surface area contributed by atoms with E-state index in [2.05, 4.69) is 34.9 Å². The second kappa shape index (κ2) is 11.4. The summed E-state index contributed by atoms with van der Waals surface area (Å²) in [6, 6.07) is 9.01. The number of carbonyl (C=O) groups excluding carboxylic acids is 1. The predicted molar refractivity (Wildman–Crippen MR) is 135 cm³/mol. The van der Waals surface area contributed by atoms with E-state index >= 15 is 0 Å². The summed E-state index contributed by atoms with van der Waals surface area (Å²) in [5.41, 5.74) is 2.80. The third kappa shape index (κ3) is 5.90. The zero-order valence-electron chi connectivity index (χ0n) is 20.3. The van der Waals surface area contributed by atoms with E-state index < -0.39 is 0 Å². The summed E-state index contributed by atoms with van der Waals surface area (Å²) >= 11 is 1.68. The van der Waals surface area contributed by atoms with Crippen molar-refractivity contribution < 1.29 is 14.3 Å². The smallest absolute Gasteiger partial charge is 0.227 e.